The maximum absolute atomic E-state index is 14.9. The fourth-order valence-corrected chi connectivity index (χ4v) is 5.41. The molecule has 2 unspecified atom stereocenters. The molecule has 0 spiro atoms. The van der Waals surface area contributed by atoms with Gasteiger partial charge in [0.1, 0.15) is 0 Å². The van der Waals surface area contributed by atoms with Gasteiger partial charge in [-0.15, -0.1) is 0 Å². The van der Waals surface area contributed by atoms with Gasteiger partial charge in [-0.1, -0.05) is 63.8 Å². The van der Waals surface area contributed by atoms with Crippen LogP contribution in [0.3, 0.4) is 0 Å². The van der Waals surface area contributed by atoms with Crippen LogP contribution < -0.4 is 0 Å². The Morgan fingerprint density at radius 2 is 1.52 bits per heavy atom. The lowest BCUT2D eigenvalue weighted by Crippen LogP contribution is -2.15. The van der Waals surface area contributed by atoms with E-state index in [4.69, 9.17) is 0 Å². The summed E-state index contributed by atoms with van der Waals surface area (Å²) in [5, 5.41) is 0. The van der Waals surface area contributed by atoms with E-state index in [1.807, 2.05) is 12.1 Å². The fourth-order valence-electron chi connectivity index (χ4n) is 5.41. The third kappa shape index (κ3) is 6.15. The number of allylic oxidation sites excluding steroid dienone is 2. The van der Waals surface area contributed by atoms with E-state index in [1.165, 1.54) is 57.8 Å². The van der Waals surface area contributed by atoms with E-state index in [1.54, 1.807) is 0 Å². The molecular weight excluding hydrogens is 362 g/mol. The van der Waals surface area contributed by atoms with Crippen LogP contribution in [-0.4, -0.2) is 0 Å². The van der Waals surface area contributed by atoms with Gasteiger partial charge in [0, 0.05) is 0 Å². The Balaban J connectivity index is 1.53. The molecule has 0 nitrogen and oxygen atoms in total. The predicted octanol–water partition coefficient (Wildman–Crippen LogP) is 8.74. The van der Waals surface area contributed by atoms with Gasteiger partial charge in [-0.05, 0) is 92.6 Å². The van der Waals surface area contributed by atoms with Crippen molar-refractivity contribution >= 4 is 0 Å². The van der Waals surface area contributed by atoms with E-state index in [0.717, 1.165) is 25.2 Å². The van der Waals surface area contributed by atoms with Crippen LogP contribution in [0.25, 0.3) is 0 Å². The Bertz CT molecular complexity index is 655. The van der Waals surface area contributed by atoms with Crippen molar-refractivity contribution in [3.05, 3.63) is 47.0 Å². The molecule has 1 fully saturated rings. The SMILES string of the molecule is CCCCCC1CCC(c2ccc(CCC3C=CC(CC)CC3)c(F)c2F)CC1. The highest BCUT2D eigenvalue weighted by Gasteiger charge is 2.26. The molecule has 2 aliphatic rings. The van der Waals surface area contributed by atoms with E-state index < -0.39 is 11.6 Å². The number of rotatable bonds is 9. The lowest BCUT2D eigenvalue weighted by molar-refractivity contribution is 0.297. The largest absolute Gasteiger partial charge is 0.203 e. The van der Waals surface area contributed by atoms with Crippen LogP contribution in [0, 0.1) is 29.4 Å². The number of hydrogen-bond acceptors (Lipinski definition) is 0. The average molecular weight is 403 g/mol. The molecule has 29 heavy (non-hydrogen) atoms. The molecular formula is C27H40F2. The first-order chi connectivity index (χ1) is 14.1. The first-order valence-electron chi connectivity index (χ1n) is 12.3. The van der Waals surface area contributed by atoms with Crippen LogP contribution in [0.5, 0.6) is 0 Å². The Kier molecular flexibility index (Phi) is 8.75. The van der Waals surface area contributed by atoms with E-state index in [-0.39, 0.29) is 5.92 Å². The Morgan fingerprint density at radius 1 is 0.793 bits per heavy atom. The summed E-state index contributed by atoms with van der Waals surface area (Å²) in [5.41, 5.74) is 1.19. The highest BCUT2D eigenvalue weighted by atomic mass is 19.2. The molecule has 0 radical (unpaired) electrons. The summed E-state index contributed by atoms with van der Waals surface area (Å²) in [5.74, 6) is 1.07. The van der Waals surface area contributed by atoms with Gasteiger partial charge in [0.05, 0.1) is 0 Å². The molecule has 0 heterocycles. The van der Waals surface area contributed by atoms with Gasteiger partial charge in [-0.25, -0.2) is 8.78 Å². The lowest BCUT2D eigenvalue weighted by Gasteiger charge is -2.29. The van der Waals surface area contributed by atoms with Crippen molar-refractivity contribution in [1.29, 1.82) is 0 Å². The van der Waals surface area contributed by atoms with Gasteiger partial charge in [0.25, 0.3) is 0 Å². The molecule has 1 aromatic rings. The average Bonchev–Trinajstić information content (AvgIpc) is 2.76. The second-order valence-electron chi connectivity index (χ2n) is 9.58. The first-order valence-corrected chi connectivity index (χ1v) is 12.3. The molecule has 2 aliphatic carbocycles. The normalized spacial score (nSPS) is 27.3. The van der Waals surface area contributed by atoms with Crippen LogP contribution in [0.4, 0.5) is 8.78 Å². The number of unbranched alkanes of at least 4 members (excludes halogenated alkanes) is 2. The van der Waals surface area contributed by atoms with Crippen LogP contribution in [0.15, 0.2) is 24.3 Å². The third-order valence-corrected chi connectivity index (χ3v) is 7.57. The van der Waals surface area contributed by atoms with Crippen molar-refractivity contribution in [1.82, 2.24) is 0 Å². The lowest BCUT2D eigenvalue weighted by atomic mass is 9.76. The van der Waals surface area contributed by atoms with Gasteiger partial charge in [0.2, 0.25) is 0 Å². The maximum atomic E-state index is 14.9. The standard InChI is InChI=1S/C27H40F2/c1-3-5-6-7-21-12-15-23(16-13-21)25-19-18-24(26(28)27(25)29)17-14-22-10-8-20(4-2)9-11-22/h8,10,18-23H,3-7,9,11-17H2,1-2H3. The van der Waals surface area contributed by atoms with Crippen molar-refractivity contribution in [2.24, 2.45) is 17.8 Å². The minimum Gasteiger partial charge on any atom is -0.203 e. The van der Waals surface area contributed by atoms with Crippen molar-refractivity contribution in [2.45, 2.75) is 103 Å². The summed E-state index contributed by atoms with van der Waals surface area (Å²) < 4.78 is 29.6. The van der Waals surface area contributed by atoms with Crippen LogP contribution in [0.1, 0.15) is 108 Å². The predicted molar refractivity (Wildman–Crippen MR) is 119 cm³/mol. The number of hydrogen-bond donors (Lipinski definition) is 0. The number of benzene rings is 1. The molecule has 0 saturated heterocycles. The molecule has 1 saturated carbocycles. The van der Waals surface area contributed by atoms with E-state index >= 15 is 0 Å². The fraction of sp³-hybridized carbons (Fsp3) is 0.704. The Labute approximate surface area is 177 Å². The third-order valence-electron chi connectivity index (χ3n) is 7.57. The topological polar surface area (TPSA) is 0 Å². The molecule has 0 N–H and O–H groups in total. The molecule has 0 aromatic heterocycles. The second kappa shape index (κ2) is 11.3. The minimum absolute atomic E-state index is 0.202. The monoisotopic (exact) mass is 402 g/mol. The Hall–Kier alpha value is -1.18. The van der Waals surface area contributed by atoms with Crippen LogP contribution in [-0.2, 0) is 6.42 Å². The summed E-state index contributed by atoms with van der Waals surface area (Å²) in [6, 6.07) is 3.75. The maximum Gasteiger partial charge on any atom is 0.162 e. The van der Waals surface area contributed by atoms with E-state index in [9.17, 15) is 8.78 Å². The molecule has 1 aromatic carbocycles. The highest BCUT2D eigenvalue weighted by Crippen LogP contribution is 2.39. The van der Waals surface area contributed by atoms with Gasteiger partial charge < -0.3 is 0 Å². The quantitative estimate of drug-likeness (QED) is 0.286. The molecule has 2 atom stereocenters. The van der Waals surface area contributed by atoms with Gasteiger partial charge in [0.15, 0.2) is 11.6 Å². The number of aryl methyl sites for hydroxylation is 1. The molecule has 162 valence electrons. The zero-order valence-corrected chi connectivity index (χ0v) is 18.6. The van der Waals surface area contributed by atoms with Crippen molar-refractivity contribution in [3.63, 3.8) is 0 Å². The smallest absolute Gasteiger partial charge is 0.162 e. The van der Waals surface area contributed by atoms with Crippen molar-refractivity contribution in [3.8, 4) is 0 Å². The summed E-state index contributed by atoms with van der Waals surface area (Å²) in [7, 11) is 0. The first kappa shape index (κ1) is 22.5. The van der Waals surface area contributed by atoms with Gasteiger partial charge >= 0.3 is 0 Å². The molecule has 0 bridgehead atoms. The Morgan fingerprint density at radius 3 is 2.17 bits per heavy atom. The zero-order valence-electron chi connectivity index (χ0n) is 18.6. The highest BCUT2D eigenvalue weighted by molar-refractivity contribution is 5.29. The summed E-state index contributed by atoms with van der Waals surface area (Å²) in [6.45, 7) is 4.47. The van der Waals surface area contributed by atoms with Crippen LogP contribution >= 0.6 is 0 Å². The van der Waals surface area contributed by atoms with Gasteiger partial charge in [-0.3, -0.25) is 0 Å². The molecule has 3 rings (SSSR count). The number of halogens is 2. The molecule has 2 heteroatoms. The summed E-state index contributed by atoms with van der Waals surface area (Å²) in [6.07, 6.45) is 19.4. The molecule has 0 aliphatic heterocycles. The second-order valence-corrected chi connectivity index (χ2v) is 9.58. The minimum atomic E-state index is -0.584. The zero-order chi connectivity index (χ0) is 20.6. The van der Waals surface area contributed by atoms with E-state index in [2.05, 4.69) is 26.0 Å². The summed E-state index contributed by atoms with van der Waals surface area (Å²) in [4.78, 5) is 0. The van der Waals surface area contributed by atoms with E-state index in [0.29, 0.717) is 29.4 Å². The van der Waals surface area contributed by atoms with Crippen molar-refractivity contribution in [2.75, 3.05) is 0 Å². The van der Waals surface area contributed by atoms with Gasteiger partial charge in [-0.2, -0.15) is 0 Å². The molecule has 0 amide bonds. The van der Waals surface area contributed by atoms with Crippen molar-refractivity contribution < 1.29 is 8.78 Å². The van der Waals surface area contributed by atoms with Crippen LogP contribution in [0.2, 0.25) is 0 Å². The summed E-state index contributed by atoms with van der Waals surface area (Å²) >= 11 is 0.